The summed E-state index contributed by atoms with van der Waals surface area (Å²) in [6, 6.07) is 34.6. The first-order chi connectivity index (χ1) is 20.8. The molecular formula is C38H36NO4+. The molecule has 0 unspecified atom stereocenters. The van der Waals surface area contributed by atoms with Gasteiger partial charge < -0.3 is 14.6 Å². The van der Waals surface area contributed by atoms with Crippen LogP contribution in [0.15, 0.2) is 120 Å². The molecule has 1 aliphatic heterocycles. The molecule has 0 aromatic heterocycles. The van der Waals surface area contributed by atoms with Crippen molar-refractivity contribution in [1.29, 1.82) is 0 Å². The zero-order valence-electron chi connectivity index (χ0n) is 25.0. The summed E-state index contributed by atoms with van der Waals surface area (Å²) < 4.78 is 14.1. The van der Waals surface area contributed by atoms with Crippen molar-refractivity contribution in [3.63, 3.8) is 0 Å². The fraction of sp³-hybridized carbons (Fsp3) is 0.211. The van der Waals surface area contributed by atoms with Crippen molar-refractivity contribution in [2.45, 2.75) is 46.3 Å². The third kappa shape index (κ3) is 5.27. The standard InChI is InChI=1S/C38H35NO4/c1-24(2)42-37(40)34(33-31-20-12-10-18-29(31)30-19-11-13-21-32(30)33)36(38(41)43-25(3)4)39-23-22-26-14-8-9-17-28(26)35(39)27-15-6-5-7-16-27/h5-21,24-25H,22-23H2,1-4H3/p+1/b38-36-. The molecule has 5 nitrogen and oxygen atoms in total. The third-order valence-corrected chi connectivity index (χ3v) is 7.73. The topological polar surface area (TPSA) is 58.8 Å². The molecule has 0 radical (unpaired) electrons. The monoisotopic (exact) mass is 570 g/mol. The van der Waals surface area contributed by atoms with E-state index in [1.54, 1.807) is 0 Å². The summed E-state index contributed by atoms with van der Waals surface area (Å²) in [5.74, 6) is -0.829. The van der Waals surface area contributed by atoms with Gasteiger partial charge in [-0.15, -0.1) is 0 Å². The van der Waals surface area contributed by atoms with Crippen LogP contribution < -0.4 is 0 Å². The van der Waals surface area contributed by atoms with Gasteiger partial charge in [-0.25, -0.2) is 4.79 Å². The van der Waals surface area contributed by atoms with Crippen LogP contribution in [-0.2, 0) is 20.7 Å². The fourth-order valence-corrected chi connectivity index (χ4v) is 6.10. The van der Waals surface area contributed by atoms with Gasteiger partial charge in [0.2, 0.25) is 5.71 Å². The lowest BCUT2D eigenvalue weighted by molar-refractivity contribution is -0.478. The highest BCUT2D eigenvalue weighted by atomic mass is 16.6. The molecule has 0 atom stereocenters. The van der Waals surface area contributed by atoms with Gasteiger partial charge in [0.1, 0.15) is 5.57 Å². The lowest BCUT2D eigenvalue weighted by Crippen LogP contribution is -2.34. The Bertz CT molecular complexity index is 1750. The van der Waals surface area contributed by atoms with E-state index in [2.05, 4.69) is 36.4 Å². The molecule has 43 heavy (non-hydrogen) atoms. The summed E-state index contributed by atoms with van der Waals surface area (Å²) in [7, 11) is 0. The summed E-state index contributed by atoms with van der Waals surface area (Å²) >= 11 is 0. The smallest absolute Gasteiger partial charge is 0.353 e. The number of aliphatic hydroxyl groups is 1. The molecule has 1 heterocycles. The molecule has 1 N–H and O–H groups in total. The minimum atomic E-state index is -0.517. The van der Waals surface area contributed by atoms with E-state index in [-0.39, 0.29) is 23.7 Å². The number of hydrogen-bond acceptors (Lipinski definition) is 4. The Labute approximate surface area is 253 Å². The van der Waals surface area contributed by atoms with Crippen LogP contribution in [0.25, 0.3) is 16.7 Å². The number of carbonyl (C=O) groups is 1. The van der Waals surface area contributed by atoms with Crippen LogP contribution in [0.1, 0.15) is 55.5 Å². The van der Waals surface area contributed by atoms with Gasteiger partial charge in [-0.3, -0.25) is 0 Å². The van der Waals surface area contributed by atoms with Gasteiger partial charge in [0.25, 0.3) is 0 Å². The minimum absolute atomic E-state index is 0.275. The van der Waals surface area contributed by atoms with E-state index in [0.717, 1.165) is 51.1 Å². The van der Waals surface area contributed by atoms with E-state index in [4.69, 9.17) is 9.47 Å². The van der Waals surface area contributed by atoms with Crippen molar-refractivity contribution in [1.82, 2.24) is 0 Å². The second kappa shape index (κ2) is 11.8. The van der Waals surface area contributed by atoms with Gasteiger partial charge in [-0.1, -0.05) is 84.9 Å². The number of benzene rings is 4. The maximum Gasteiger partial charge on any atom is 0.353 e. The highest BCUT2D eigenvalue weighted by molar-refractivity contribution is 6.14. The molecule has 6 rings (SSSR count). The molecule has 4 aromatic carbocycles. The van der Waals surface area contributed by atoms with Crippen LogP contribution >= 0.6 is 0 Å². The molecule has 0 fully saturated rings. The second-order valence-electron chi connectivity index (χ2n) is 11.4. The van der Waals surface area contributed by atoms with Gasteiger partial charge in [-0.05, 0) is 73.7 Å². The number of fused-ring (bicyclic) bond motifs is 4. The quantitative estimate of drug-likeness (QED) is 0.0944. The highest BCUT2D eigenvalue weighted by Crippen LogP contribution is 2.47. The van der Waals surface area contributed by atoms with Crippen LogP contribution in [0.4, 0.5) is 0 Å². The van der Waals surface area contributed by atoms with Crippen molar-refractivity contribution in [2.24, 2.45) is 0 Å². The number of nitrogens with zero attached hydrogens (tertiary/aromatic N) is 1. The molecule has 0 saturated heterocycles. The minimum Gasteiger partial charge on any atom is -0.476 e. The molecule has 1 aliphatic carbocycles. The highest BCUT2D eigenvalue weighted by Gasteiger charge is 2.42. The number of aliphatic hydroxyl groups excluding tert-OH is 1. The zero-order valence-corrected chi connectivity index (χ0v) is 25.0. The normalized spacial score (nSPS) is 14.2. The summed E-state index contributed by atoms with van der Waals surface area (Å²) in [5, 5.41) is 11.9. The molecule has 0 bridgehead atoms. The van der Waals surface area contributed by atoms with Crippen LogP contribution in [0, 0.1) is 0 Å². The summed E-state index contributed by atoms with van der Waals surface area (Å²) in [6.45, 7) is 7.92. The first-order valence-electron chi connectivity index (χ1n) is 14.9. The lowest BCUT2D eigenvalue weighted by atomic mass is 9.90. The summed E-state index contributed by atoms with van der Waals surface area (Å²) in [6.07, 6.45) is 0.0202. The average Bonchev–Trinajstić information content (AvgIpc) is 3.33. The SMILES string of the molecule is CC(C)OC(=O)C(=C1c2ccccc2-c2ccccc21)/C(=C(\O)OC(C)C)[N+]1=C(c2ccccc2)c2ccccc2CC1. The molecule has 2 aliphatic rings. The molecule has 0 spiro atoms. The Morgan fingerprint density at radius 3 is 1.77 bits per heavy atom. The van der Waals surface area contributed by atoms with Crippen molar-refractivity contribution in [2.75, 3.05) is 6.54 Å². The molecule has 0 saturated carbocycles. The van der Waals surface area contributed by atoms with E-state index in [0.29, 0.717) is 12.2 Å². The molecule has 4 aromatic rings. The molecule has 0 amide bonds. The van der Waals surface area contributed by atoms with Crippen LogP contribution in [-0.4, -0.2) is 40.1 Å². The van der Waals surface area contributed by atoms with Crippen LogP contribution in [0.5, 0.6) is 0 Å². The van der Waals surface area contributed by atoms with Crippen molar-refractivity contribution >= 4 is 17.3 Å². The van der Waals surface area contributed by atoms with Gasteiger partial charge in [0.15, 0.2) is 6.54 Å². The maximum atomic E-state index is 14.4. The molecule has 216 valence electrons. The summed E-state index contributed by atoms with van der Waals surface area (Å²) in [4.78, 5) is 14.4. The number of hydrogen-bond donors (Lipinski definition) is 1. The van der Waals surface area contributed by atoms with Gasteiger partial charge in [0, 0.05) is 17.6 Å². The number of ether oxygens (including phenoxy) is 2. The fourth-order valence-electron chi connectivity index (χ4n) is 6.10. The van der Waals surface area contributed by atoms with Crippen molar-refractivity contribution < 1.29 is 24.0 Å². The zero-order chi connectivity index (χ0) is 30.1. The van der Waals surface area contributed by atoms with E-state index >= 15 is 0 Å². The van der Waals surface area contributed by atoms with Gasteiger partial charge >= 0.3 is 17.6 Å². The average molecular weight is 571 g/mol. The maximum absolute atomic E-state index is 14.4. The lowest BCUT2D eigenvalue weighted by Gasteiger charge is -2.23. The van der Waals surface area contributed by atoms with Crippen molar-refractivity contribution in [3.8, 4) is 11.1 Å². The van der Waals surface area contributed by atoms with E-state index < -0.39 is 5.97 Å². The molecule has 5 heteroatoms. The molecular weight excluding hydrogens is 534 g/mol. The van der Waals surface area contributed by atoms with E-state index in [1.165, 1.54) is 5.56 Å². The second-order valence-corrected chi connectivity index (χ2v) is 11.4. The van der Waals surface area contributed by atoms with Crippen LogP contribution in [0.3, 0.4) is 0 Å². The van der Waals surface area contributed by atoms with Crippen molar-refractivity contribution in [3.05, 3.63) is 148 Å². The number of rotatable bonds is 7. The predicted molar refractivity (Wildman–Crippen MR) is 170 cm³/mol. The Morgan fingerprint density at radius 1 is 0.674 bits per heavy atom. The largest absolute Gasteiger partial charge is 0.476 e. The predicted octanol–water partition coefficient (Wildman–Crippen LogP) is 7.68. The third-order valence-electron chi connectivity index (χ3n) is 7.73. The van der Waals surface area contributed by atoms with E-state index in [9.17, 15) is 9.90 Å². The van der Waals surface area contributed by atoms with E-state index in [1.807, 2.05) is 99.0 Å². The first kappa shape index (κ1) is 28.2. The van der Waals surface area contributed by atoms with Gasteiger partial charge in [-0.2, -0.15) is 4.58 Å². The Hall–Kier alpha value is -4.90. The number of esters is 1. The Morgan fingerprint density at radius 2 is 1.19 bits per heavy atom. The summed E-state index contributed by atoms with van der Waals surface area (Å²) in [5.41, 5.74) is 9.29. The Kier molecular flexibility index (Phi) is 7.73. The first-order valence-corrected chi connectivity index (χ1v) is 14.9. The Balaban J connectivity index is 1.77. The van der Waals surface area contributed by atoms with Crippen LogP contribution in [0.2, 0.25) is 0 Å². The van der Waals surface area contributed by atoms with Gasteiger partial charge in [0.05, 0.1) is 17.8 Å². The number of carbonyl (C=O) groups excluding carboxylic acids is 1.